The topological polar surface area (TPSA) is 34.0 Å². The zero-order valence-corrected chi connectivity index (χ0v) is 13.0. The minimum absolute atomic E-state index is 0.759. The SMILES string of the molecule is CN(Cc1nccn1C)c1ccnc2ccc(Br)cc12. The minimum Gasteiger partial charge on any atom is -0.367 e. The zero-order chi connectivity index (χ0) is 14.1. The first-order valence-corrected chi connectivity index (χ1v) is 7.16. The van der Waals surface area contributed by atoms with Gasteiger partial charge in [0.15, 0.2) is 0 Å². The first kappa shape index (κ1) is 13.1. The van der Waals surface area contributed by atoms with Crippen molar-refractivity contribution in [3.8, 4) is 0 Å². The van der Waals surface area contributed by atoms with Crippen LogP contribution in [-0.4, -0.2) is 21.6 Å². The molecule has 3 rings (SSSR count). The van der Waals surface area contributed by atoms with E-state index in [2.05, 4.69) is 43.9 Å². The summed E-state index contributed by atoms with van der Waals surface area (Å²) in [5, 5.41) is 1.14. The molecule has 0 aliphatic rings. The molecule has 0 amide bonds. The van der Waals surface area contributed by atoms with Gasteiger partial charge in [-0.15, -0.1) is 0 Å². The highest BCUT2D eigenvalue weighted by Crippen LogP contribution is 2.28. The molecule has 4 nitrogen and oxygen atoms in total. The fourth-order valence-electron chi connectivity index (χ4n) is 2.28. The van der Waals surface area contributed by atoms with Crippen LogP contribution in [0.1, 0.15) is 5.82 Å². The number of rotatable bonds is 3. The van der Waals surface area contributed by atoms with Gasteiger partial charge in [-0.05, 0) is 24.3 Å². The Bertz CT molecular complexity index is 750. The number of aryl methyl sites for hydroxylation is 1. The van der Waals surface area contributed by atoms with E-state index in [4.69, 9.17) is 0 Å². The van der Waals surface area contributed by atoms with Crippen molar-refractivity contribution in [3.63, 3.8) is 0 Å². The average Bonchev–Trinajstić information content (AvgIpc) is 2.83. The van der Waals surface area contributed by atoms with Gasteiger partial charge in [-0.2, -0.15) is 0 Å². The Balaban J connectivity index is 2.01. The van der Waals surface area contributed by atoms with E-state index in [9.17, 15) is 0 Å². The van der Waals surface area contributed by atoms with Crippen LogP contribution in [0.2, 0.25) is 0 Å². The van der Waals surface area contributed by atoms with E-state index in [1.54, 1.807) is 0 Å². The van der Waals surface area contributed by atoms with Crippen LogP contribution >= 0.6 is 15.9 Å². The molecule has 20 heavy (non-hydrogen) atoms. The molecule has 2 heterocycles. The van der Waals surface area contributed by atoms with E-state index in [1.165, 1.54) is 0 Å². The summed E-state index contributed by atoms with van der Waals surface area (Å²) >= 11 is 3.53. The molecule has 0 N–H and O–H groups in total. The number of hydrogen-bond acceptors (Lipinski definition) is 3. The van der Waals surface area contributed by atoms with Crippen LogP contribution in [0.25, 0.3) is 10.9 Å². The van der Waals surface area contributed by atoms with Crippen LogP contribution in [0.15, 0.2) is 47.3 Å². The fraction of sp³-hybridized carbons (Fsp3) is 0.200. The molecular weight excluding hydrogens is 316 g/mol. The summed E-state index contributed by atoms with van der Waals surface area (Å²) in [6.45, 7) is 0.759. The molecule has 0 fully saturated rings. The number of halogens is 1. The van der Waals surface area contributed by atoms with Crippen molar-refractivity contribution in [1.82, 2.24) is 14.5 Å². The molecule has 0 aliphatic carbocycles. The summed E-state index contributed by atoms with van der Waals surface area (Å²) in [5.74, 6) is 1.03. The van der Waals surface area contributed by atoms with Crippen molar-refractivity contribution in [2.24, 2.45) is 7.05 Å². The van der Waals surface area contributed by atoms with Gasteiger partial charge < -0.3 is 9.47 Å². The lowest BCUT2D eigenvalue weighted by atomic mass is 10.2. The number of nitrogens with zero attached hydrogens (tertiary/aromatic N) is 4. The van der Waals surface area contributed by atoms with E-state index in [0.29, 0.717) is 0 Å². The van der Waals surface area contributed by atoms with Gasteiger partial charge in [0.25, 0.3) is 0 Å². The first-order chi connectivity index (χ1) is 9.65. The number of anilines is 1. The van der Waals surface area contributed by atoms with Crippen molar-refractivity contribution in [2.45, 2.75) is 6.54 Å². The summed E-state index contributed by atoms with van der Waals surface area (Å²) in [6.07, 6.45) is 5.63. The lowest BCUT2D eigenvalue weighted by Crippen LogP contribution is -2.19. The van der Waals surface area contributed by atoms with Crippen LogP contribution in [-0.2, 0) is 13.6 Å². The molecule has 102 valence electrons. The molecule has 0 saturated carbocycles. The predicted octanol–water partition coefficient (Wildman–Crippen LogP) is 3.37. The Hall–Kier alpha value is -1.88. The maximum atomic E-state index is 4.41. The molecular formula is C15H15BrN4. The largest absolute Gasteiger partial charge is 0.367 e. The standard InChI is InChI=1S/C15H15BrN4/c1-19-8-7-18-15(19)10-20(2)14-5-6-17-13-4-3-11(16)9-12(13)14/h3-9H,10H2,1-2H3. The van der Waals surface area contributed by atoms with Crippen molar-refractivity contribution >= 4 is 32.5 Å². The van der Waals surface area contributed by atoms with Crippen LogP contribution in [0, 0.1) is 0 Å². The van der Waals surface area contributed by atoms with Crippen LogP contribution < -0.4 is 4.90 Å². The van der Waals surface area contributed by atoms with E-state index in [0.717, 1.165) is 33.4 Å². The van der Waals surface area contributed by atoms with E-state index >= 15 is 0 Å². The van der Waals surface area contributed by atoms with Gasteiger partial charge in [0.1, 0.15) is 5.82 Å². The Labute approximate surface area is 126 Å². The van der Waals surface area contributed by atoms with Crippen LogP contribution in [0.3, 0.4) is 0 Å². The van der Waals surface area contributed by atoms with E-state index in [-0.39, 0.29) is 0 Å². The third-order valence-corrected chi connectivity index (χ3v) is 3.88. The lowest BCUT2D eigenvalue weighted by Gasteiger charge is -2.20. The van der Waals surface area contributed by atoms with Gasteiger partial charge in [-0.25, -0.2) is 4.98 Å². The highest BCUT2D eigenvalue weighted by Gasteiger charge is 2.10. The minimum atomic E-state index is 0.759. The van der Waals surface area contributed by atoms with E-state index in [1.807, 2.05) is 48.4 Å². The zero-order valence-electron chi connectivity index (χ0n) is 11.4. The smallest absolute Gasteiger partial charge is 0.127 e. The second-order valence-corrected chi connectivity index (χ2v) is 5.72. The summed E-state index contributed by atoms with van der Waals surface area (Å²) in [6, 6.07) is 8.18. The van der Waals surface area contributed by atoms with Gasteiger partial charge >= 0.3 is 0 Å². The monoisotopic (exact) mass is 330 g/mol. The molecule has 0 aliphatic heterocycles. The fourth-order valence-corrected chi connectivity index (χ4v) is 2.64. The van der Waals surface area contributed by atoms with Gasteiger partial charge in [0.05, 0.1) is 12.1 Å². The Morgan fingerprint density at radius 2 is 2.05 bits per heavy atom. The molecule has 0 spiro atoms. The van der Waals surface area contributed by atoms with Crippen molar-refractivity contribution in [3.05, 3.63) is 53.2 Å². The first-order valence-electron chi connectivity index (χ1n) is 6.37. The van der Waals surface area contributed by atoms with Crippen LogP contribution in [0.4, 0.5) is 5.69 Å². The second-order valence-electron chi connectivity index (χ2n) is 4.80. The summed E-state index contributed by atoms with van der Waals surface area (Å²) in [4.78, 5) is 11.0. The number of fused-ring (bicyclic) bond motifs is 1. The molecule has 3 aromatic rings. The summed E-state index contributed by atoms with van der Waals surface area (Å²) in [7, 11) is 4.09. The van der Waals surface area contributed by atoms with Gasteiger partial charge in [-0.3, -0.25) is 4.98 Å². The normalized spacial score (nSPS) is 10.9. The Morgan fingerprint density at radius 3 is 2.80 bits per heavy atom. The number of imidazole rings is 1. The maximum Gasteiger partial charge on any atom is 0.127 e. The van der Waals surface area contributed by atoms with Crippen molar-refractivity contribution in [1.29, 1.82) is 0 Å². The molecule has 1 aromatic carbocycles. The van der Waals surface area contributed by atoms with Crippen LogP contribution in [0.5, 0.6) is 0 Å². The summed E-state index contributed by atoms with van der Waals surface area (Å²) < 4.78 is 3.10. The number of aromatic nitrogens is 3. The number of pyridine rings is 1. The third kappa shape index (κ3) is 2.41. The number of benzene rings is 1. The van der Waals surface area contributed by atoms with Crippen molar-refractivity contribution in [2.75, 3.05) is 11.9 Å². The quantitative estimate of drug-likeness (QED) is 0.738. The molecule has 0 saturated heterocycles. The molecule has 0 atom stereocenters. The second kappa shape index (κ2) is 5.25. The summed E-state index contributed by atoms with van der Waals surface area (Å²) in [5.41, 5.74) is 2.15. The molecule has 5 heteroatoms. The molecule has 0 unspecified atom stereocenters. The Kier molecular flexibility index (Phi) is 3.44. The Morgan fingerprint density at radius 1 is 1.20 bits per heavy atom. The van der Waals surface area contributed by atoms with Gasteiger partial charge in [0, 0.05) is 48.2 Å². The van der Waals surface area contributed by atoms with E-state index < -0.39 is 0 Å². The third-order valence-electron chi connectivity index (χ3n) is 3.39. The highest BCUT2D eigenvalue weighted by atomic mass is 79.9. The lowest BCUT2D eigenvalue weighted by molar-refractivity contribution is 0.763. The maximum absolute atomic E-state index is 4.41. The number of hydrogen-bond donors (Lipinski definition) is 0. The molecule has 0 radical (unpaired) electrons. The molecule has 0 bridgehead atoms. The highest BCUT2D eigenvalue weighted by molar-refractivity contribution is 9.10. The molecule has 2 aromatic heterocycles. The van der Waals surface area contributed by atoms with Crippen molar-refractivity contribution < 1.29 is 0 Å². The van der Waals surface area contributed by atoms with Gasteiger partial charge in [0.2, 0.25) is 0 Å². The van der Waals surface area contributed by atoms with Gasteiger partial charge in [-0.1, -0.05) is 15.9 Å². The average molecular weight is 331 g/mol. The predicted molar refractivity (Wildman–Crippen MR) is 84.8 cm³/mol.